The topological polar surface area (TPSA) is 50.2 Å². The first-order chi connectivity index (χ1) is 10.1. The van der Waals surface area contributed by atoms with E-state index in [1.54, 1.807) is 18.2 Å². The van der Waals surface area contributed by atoms with Gasteiger partial charge in [0.2, 0.25) is 0 Å². The minimum atomic E-state index is -0.940. The molecule has 0 saturated carbocycles. The molecule has 0 aliphatic rings. The first-order valence-corrected chi connectivity index (χ1v) is 7.44. The van der Waals surface area contributed by atoms with E-state index in [9.17, 15) is 4.79 Å². The summed E-state index contributed by atoms with van der Waals surface area (Å²) in [6.45, 7) is 0. The Kier molecular flexibility index (Phi) is 3.73. The van der Waals surface area contributed by atoms with Gasteiger partial charge in [0, 0.05) is 21.5 Å². The van der Waals surface area contributed by atoms with Crippen molar-refractivity contribution in [3.05, 3.63) is 64.5 Å². The van der Waals surface area contributed by atoms with Crippen LogP contribution in [0.2, 0.25) is 5.02 Å². The van der Waals surface area contributed by atoms with Gasteiger partial charge < -0.3 is 5.11 Å². The number of aromatic carboxylic acids is 1. The predicted molar refractivity (Wildman–Crippen MR) is 85.0 cm³/mol. The van der Waals surface area contributed by atoms with Crippen molar-refractivity contribution in [3.8, 4) is 21.8 Å². The molecule has 0 saturated heterocycles. The smallest absolute Gasteiger partial charge is 0.335 e. The first kappa shape index (κ1) is 13.8. The van der Waals surface area contributed by atoms with Crippen LogP contribution in [0.1, 0.15) is 10.4 Å². The molecule has 0 aliphatic heterocycles. The zero-order valence-corrected chi connectivity index (χ0v) is 12.4. The number of hydrogen-bond acceptors (Lipinski definition) is 3. The molecule has 0 aliphatic carbocycles. The van der Waals surface area contributed by atoms with E-state index in [1.165, 1.54) is 11.3 Å². The Morgan fingerprint density at radius 2 is 1.86 bits per heavy atom. The average Bonchev–Trinajstić information content (AvgIpc) is 2.98. The van der Waals surface area contributed by atoms with Crippen molar-refractivity contribution in [2.24, 2.45) is 0 Å². The minimum absolute atomic E-state index is 0.258. The summed E-state index contributed by atoms with van der Waals surface area (Å²) in [5.41, 5.74) is 2.82. The van der Waals surface area contributed by atoms with Crippen LogP contribution < -0.4 is 0 Å². The molecule has 3 nitrogen and oxygen atoms in total. The number of rotatable bonds is 3. The van der Waals surface area contributed by atoms with Gasteiger partial charge in [0.25, 0.3) is 0 Å². The zero-order valence-electron chi connectivity index (χ0n) is 10.8. The summed E-state index contributed by atoms with van der Waals surface area (Å²) in [6.07, 6.45) is 0. The zero-order chi connectivity index (χ0) is 14.8. The average molecular weight is 316 g/mol. The number of hydrogen-bond donors (Lipinski definition) is 1. The van der Waals surface area contributed by atoms with Crippen LogP contribution in [-0.4, -0.2) is 16.1 Å². The molecule has 0 unspecified atom stereocenters. The second-order valence-electron chi connectivity index (χ2n) is 4.43. The monoisotopic (exact) mass is 315 g/mol. The summed E-state index contributed by atoms with van der Waals surface area (Å²) in [5, 5.41) is 12.5. The molecular weight excluding hydrogens is 306 g/mol. The van der Waals surface area contributed by atoms with Crippen molar-refractivity contribution in [3.63, 3.8) is 0 Å². The van der Waals surface area contributed by atoms with E-state index in [2.05, 4.69) is 4.98 Å². The van der Waals surface area contributed by atoms with Crippen LogP contribution >= 0.6 is 22.9 Å². The second-order valence-corrected chi connectivity index (χ2v) is 5.73. The molecule has 1 aromatic heterocycles. The fraction of sp³-hybridized carbons (Fsp3) is 0. The molecular formula is C16H10ClNO2S. The molecule has 0 bridgehead atoms. The van der Waals surface area contributed by atoms with Gasteiger partial charge >= 0.3 is 5.97 Å². The number of aromatic nitrogens is 1. The van der Waals surface area contributed by atoms with Gasteiger partial charge in [-0.25, -0.2) is 9.78 Å². The summed E-state index contributed by atoms with van der Waals surface area (Å²) in [6, 6.07) is 14.2. The fourth-order valence-corrected chi connectivity index (χ4v) is 2.90. The Bertz CT molecular complexity index is 796. The maximum absolute atomic E-state index is 11.0. The van der Waals surface area contributed by atoms with Gasteiger partial charge in [-0.1, -0.05) is 35.9 Å². The van der Waals surface area contributed by atoms with Crippen LogP contribution in [0.3, 0.4) is 0 Å². The van der Waals surface area contributed by atoms with Gasteiger partial charge in [-0.05, 0) is 24.3 Å². The maximum atomic E-state index is 11.0. The number of carboxylic acids is 1. The third-order valence-electron chi connectivity index (χ3n) is 3.00. The van der Waals surface area contributed by atoms with Crippen LogP contribution in [0.5, 0.6) is 0 Å². The quantitative estimate of drug-likeness (QED) is 0.753. The lowest BCUT2D eigenvalue weighted by Gasteiger charge is -1.99. The molecule has 0 radical (unpaired) electrons. The highest BCUT2D eigenvalue weighted by Crippen LogP contribution is 2.29. The molecule has 2 aromatic carbocycles. The molecule has 0 atom stereocenters. The molecule has 5 heteroatoms. The molecule has 3 rings (SSSR count). The van der Waals surface area contributed by atoms with Crippen LogP contribution in [0.15, 0.2) is 53.9 Å². The van der Waals surface area contributed by atoms with E-state index in [-0.39, 0.29) is 5.56 Å². The molecule has 1 heterocycles. The lowest BCUT2D eigenvalue weighted by molar-refractivity contribution is 0.0697. The summed E-state index contributed by atoms with van der Waals surface area (Å²) >= 11 is 7.39. The van der Waals surface area contributed by atoms with E-state index in [1.807, 2.05) is 35.7 Å². The van der Waals surface area contributed by atoms with Gasteiger partial charge in [-0.3, -0.25) is 0 Å². The largest absolute Gasteiger partial charge is 0.478 e. The molecule has 1 N–H and O–H groups in total. The third-order valence-corrected chi connectivity index (χ3v) is 4.14. The number of benzene rings is 2. The van der Waals surface area contributed by atoms with Gasteiger partial charge in [-0.15, -0.1) is 11.3 Å². The predicted octanol–water partition coefficient (Wildman–Crippen LogP) is 4.83. The van der Waals surface area contributed by atoms with Gasteiger partial charge in [-0.2, -0.15) is 0 Å². The molecule has 0 fully saturated rings. The highest BCUT2D eigenvalue weighted by Gasteiger charge is 2.09. The van der Waals surface area contributed by atoms with E-state index in [0.29, 0.717) is 5.02 Å². The lowest BCUT2D eigenvalue weighted by atomic mass is 10.1. The van der Waals surface area contributed by atoms with Gasteiger partial charge in [0.05, 0.1) is 11.3 Å². The van der Waals surface area contributed by atoms with E-state index in [0.717, 1.165) is 21.8 Å². The van der Waals surface area contributed by atoms with E-state index in [4.69, 9.17) is 16.7 Å². The lowest BCUT2D eigenvalue weighted by Crippen LogP contribution is -1.95. The number of halogens is 1. The van der Waals surface area contributed by atoms with Crippen molar-refractivity contribution in [1.82, 2.24) is 4.98 Å². The van der Waals surface area contributed by atoms with Crippen molar-refractivity contribution in [2.75, 3.05) is 0 Å². The van der Waals surface area contributed by atoms with Crippen molar-refractivity contribution >= 4 is 28.9 Å². The standard InChI is InChI=1S/C16H10ClNO2S/c17-13-6-4-10(5-7-13)15-18-14(9-21-15)11-2-1-3-12(8-11)16(19)20/h1-9H,(H,19,20). The van der Waals surface area contributed by atoms with Crippen molar-refractivity contribution < 1.29 is 9.90 Å². The minimum Gasteiger partial charge on any atom is -0.478 e. The Balaban J connectivity index is 1.96. The van der Waals surface area contributed by atoms with Crippen molar-refractivity contribution in [1.29, 1.82) is 0 Å². The Morgan fingerprint density at radius 3 is 2.57 bits per heavy atom. The Hall–Kier alpha value is -2.17. The molecule has 0 spiro atoms. The summed E-state index contributed by atoms with van der Waals surface area (Å²) in [7, 11) is 0. The Morgan fingerprint density at radius 1 is 1.10 bits per heavy atom. The normalized spacial score (nSPS) is 10.5. The first-order valence-electron chi connectivity index (χ1n) is 6.19. The number of carbonyl (C=O) groups is 1. The number of carboxylic acid groups (broad SMARTS) is 1. The molecule has 104 valence electrons. The third kappa shape index (κ3) is 2.96. The summed E-state index contributed by atoms with van der Waals surface area (Å²) < 4.78 is 0. The molecule has 0 amide bonds. The molecule has 3 aromatic rings. The van der Waals surface area contributed by atoms with E-state index >= 15 is 0 Å². The molecule has 21 heavy (non-hydrogen) atoms. The summed E-state index contributed by atoms with van der Waals surface area (Å²) in [4.78, 5) is 15.6. The van der Waals surface area contributed by atoms with Crippen molar-refractivity contribution in [2.45, 2.75) is 0 Å². The Labute approximate surface area is 130 Å². The summed E-state index contributed by atoms with van der Waals surface area (Å²) in [5.74, 6) is -0.940. The van der Waals surface area contributed by atoms with Crippen LogP contribution in [0.4, 0.5) is 0 Å². The SMILES string of the molecule is O=C(O)c1cccc(-c2csc(-c3ccc(Cl)cc3)n2)c1. The van der Waals surface area contributed by atoms with Crippen LogP contribution in [0, 0.1) is 0 Å². The number of nitrogens with zero attached hydrogens (tertiary/aromatic N) is 1. The maximum Gasteiger partial charge on any atom is 0.335 e. The fourth-order valence-electron chi connectivity index (χ4n) is 1.94. The van der Waals surface area contributed by atoms with Crippen LogP contribution in [-0.2, 0) is 0 Å². The highest BCUT2D eigenvalue weighted by molar-refractivity contribution is 7.13. The van der Waals surface area contributed by atoms with Gasteiger partial charge in [0.15, 0.2) is 0 Å². The highest BCUT2D eigenvalue weighted by atomic mass is 35.5. The van der Waals surface area contributed by atoms with Crippen LogP contribution in [0.25, 0.3) is 21.8 Å². The number of thiazole rings is 1. The van der Waals surface area contributed by atoms with E-state index < -0.39 is 5.97 Å². The second kappa shape index (κ2) is 5.68. The van der Waals surface area contributed by atoms with Gasteiger partial charge in [0.1, 0.15) is 5.01 Å².